The number of nitrogens with zero attached hydrogens (tertiary/aromatic N) is 3. The first-order chi connectivity index (χ1) is 14.1. The van der Waals surface area contributed by atoms with E-state index in [1.165, 1.54) is 13.1 Å². The highest BCUT2D eigenvalue weighted by Gasteiger charge is 2.17. The van der Waals surface area contributed by atoms with Gasteiger partial charge in [0.25, 0.3) is 5.91 Å². The van der Waals surface area contributed by atoms with Crippen LogP contribution in [0.2, 0.25) is 0 Å². The Morgan fingerprint density at radius 1 is 1.07 bits per heavy atom. The molecule has 1 amide bonds. The number of carbonyl (C=O) groups excluding carboxylic acids is 2. The second-order valence-electron chi connectivity index (χ2n) is 6.67. The fourth-order valence-corrected chi connectivity index (χ4v) is 3.19. The van der Waals surface area contributed by atoms with Gasteiger partial charge in [-0.2, -0.15) is 5.26 Å². The summed E-state index contributed by atoms with van der Waals surface area (Å²) in [5, 5.41) is 14.9. The molecule has 29 heavy (non-hydrogen) atoms. The molecule has 0 bridgehead atoms. The molecule has 0 unspecified atom stereocenters. The lowest BCUT2D eigenvalue weighted by atomic mass is 10.0. The van der Waals surface area contributed by atoms with Gasteiger partial charge in [-0.15, -0.1) is 0 Å². The van der Waals surface area contributed by atoms with Crippen molar-refractivity contribution in [3.05, 3.63) is 72.1 Å². The van der Waals surface area contributed by atoms with Crippen LogP contribution in [0.1, 0.15) is 23.0 Å². The number of amides is 1. The molecule has 6 nitrogen and oxygen atoms in total. The minimum Gasteiger partial charge on any atom is -0.344 e. The number of pyridine rings is 2. The van der Waals surface area contributed by atoms with Gasteiger partial charge in [-0.1, -0.05) is 36.4 Å². The van der Waals surface area contributed by atoms with Crippen LogP contribution in [0.3, 0.4) is 0 Å². The maximum absolute atomic E-state index is 12.3. The summed E-state index contributed by atoms with van der Waals surface area (Å²) in [7, 11) is 0. The fourth-order valence-electron chi connectivity index (χ4n) is 3.19. The molecule has 2 aromatic carbocycles. The number of ketones is 1. The molecule has 6 heteroatoms. The van der Waals surface area contributed by atoms with Crippen LogP contribution in [0.25, 0.3) is 32.9 Å². The number of hydrogen-bond donors (Lipinski definition) is 1. The number of benzene rings is 2. The van der Waals surface area contributed by atoms with E-state index in [0.717, 1.165) is 22.0 Å². The van der Waals surface area contributed by atoms with Crippen molar-refractivity contribution < 1.29 is 9.59 Å². The third kappa shape index (κ3) is 3.54. The summed E-state index contributed by atoms with van der Waals surface area (Å²) < 4.78 is 0. The molecule has 0 aliphatic heterocycles. The predicted molar refractivity (Wildman–Crippen MR) is 110 cm³/mol. The quantitative estimate of drug-likeness (QED) is 0.583. The Morgan fingerprint density at radius 2 is 1.86 bits per heavy atom. The Balaban J connectivity index is 1.76. The summed E-state index contributed by atoms with van der Waals surface area (Å²) in [6.07, 6.45) is 1.48. The van der Waals surface area contributed by atoms with Gasteiger partial charge in [0.1, 0.15) is 17.5 Å². The molecule has 0 saturated heterocycles. The maximum Gasteiger partial charge on any atom is 0.271 e. The van der Waals surface area contributed by atoms with Gasteiger partial charge in [-0.3, -0.25) is 9.59 Å². The molecule has 0 spiro atoms. The topological polar surface area (TPSA) is 95.7 Å². The number of rotatable bonds is 4. The Hall–Kier alpha value is -4.11. The van der Waals surface area contributed by atoms with Crippen LogP contribution in [-0.4, -0.2) is 28.2 Å². The number of nitriles is 1. The first-order valence-corrected chi connectivity index (χ1v) is 9.03. The zero-order valence-electron chi connectivity index (χ0n) is 15.6. The molecular weight excluding hydrogens is 364 g/mol. The normalized spacial score (nSPS) is 10.6. The minimum absolute atomic E-state index is 0.0125. The molecule has 1 N–H and O–H groups in total. The maximum atomic E-state index is 12.3. The van der Waals surface area contributed by atoms with Crippen LogP contribution in [0.15, 0.2) is 60.8 Å². The number of nitrogens with one attached hydrogen (secondary N) is 1. The summed E-state index contributed by atoms with van der Waals surface area (Å²) in [4.78, 5) is 32.1. The molecule has 0 atom stereocenters. The molecule has 0 aliphatic carbocycles. The van der Waals surface area contributed by atoms with E-state index >= 15 is 0 Å². The first-order valence-electron chi connectivity index (χ1n) is 9.03. The molecular formula is C23H16N4O2. The van der Waals surface area contributed by atoms with Gasteiger partial charge < -0.3 is 5.32 Å². The highest BCUT2D eigenvalue weighted by atomic mass is 16.2. The average Bonchev–Trinajstić information content (AvgIpc) is 2.75. The van der Waals surface area contributed by atoms with Gasteiger partial charge in [0.05, 0.1) is 29.5 Å². The van der Waals surface area contributed by atoms with Gasteiger partial charge in [0, 0.05) is 10.9 Å². The fraction of sp³-hybridized carbons (Fsp3) is 0.0870. The standard InChI is InChI=1S/C23H16N4O2/c1-14(28)12-26-23(29)22-19(11-24)18-8-9-20(27-21(18)13-25-22)17-7-6-15-4-2-3-5-16(15)10-17/h2-10,13H,12H2,1H3,(H,26,29). The van der Waals surface area contributed by atoms with Crippen molar-refractivity contribution in [1.29, 1.82) is 5.26 Å². The lowest BCUT2D eigenvalue weighted by Gasteiger charge is -2.09. The van der Waals surface area contributed by atoms with E-state index in [4.69, 9.17) is 0 Å². The summed E-state index contributed by atoms with van der Waals surface area (Å²) >= 11 is 0. The second kappa shape index (κ2) is 7.49. The van der Waals surface area contributed by atoms with Gasteiger partial charge >= 0.3 is 0 Å². The van der Waals surface area contributed by atoms with E-state index in [1.54, 1.807) is 6.07 Å². The van der Waals surface area contributed by atoms with Crippen molar-refractivity contribution in [3.8, 4) is 17.3 Å². The van der Waals surface area contributed by atoms with Crippen molar-refractivity contribution in [2.24, 2.45) is 0 Å². The number of aromatic nitrogens is 2. The van der Waals surface area contributed by atoms with Gasteiger partial charge in [0.2, 0.25) is 0 Å². The summed E-state index contributed by atoms with van der Waals surface area (Å²) in [6.45, 7) is 1.26. The summed E-state index contributed by atoms with van der Waals surface area (Å²) in [6, 6.07) is 19.8. The largest absolute Gasteiger partial charge is 0.344 e. The number of hydrogen-bond acceptors (Lipinski definition) is 5. The predicted octanol–water partition coefficient (Wildman–Crippen LogP) is 3.64. The molecule has 0 aliphatic rings. The second-order valence-corrected chi connectivity index (χ2v) is 6.67. The van der Waals surface area contributed by atoms with E-state index in [9.17, 15) is 14.9 Å². The third-order valence-corrected chi connectivity index (χ3v) is 4.62. The van der Waals surface area contributed by atoms with Crippen LogP contribution in [0, 0.1) is 11.3 Å². The number of fused-ring (bicyclic) bond motifs is 2. The number of Topliss-reactive ketones (excluding diaryl/α,β-unsaturated/α-hetero) is 1. The molecule has 2 aromatic heterocycles. The van der Waals surface area contributed by atoms with E-state index in [0.29, 0.717) is 10.9 Å². The van der Waals surface area contributed by atoms with E-state index < -0.39 is 5.91 Å². The Bertz CT molecular complexity index is 1320. The van der Waals surface area contributed by atoms with Crippen molar-refractivity contribution in [1.82, 2.24) is 15.3 Å². The van der Waals surface area contributed by atoms with Crippen LogP contribution in [0.4, 0.5) is 0 Å². The average molecular weight is 380 g/mol. The van der Waals surface area contributed by atoms with Crippen molar-refractivity contribution in [2.75, 3.05) is 6.54 Å². The van der Waals surface area contributed by atoms with E-state index in [2.05, 4.69) is 27.4 Å². The summed E-state index contributed by atoms with van der Waals surface area (Å²) in [5.74, 6) is -0.739. The van der Waals surface area contributed by atoms with Crippen LogP contribution in [0.5, 0.6) is 0 Å². The van der Waals surface area contributed by atoms with Crippen LogP contribution in [-0.2, 0) is 4.79 Å². The zero-order valence-corrected chi connectivity index (χ0v) is 15.6. The minimum atomic E-state index is -0.558. The number of carbonyl (C=O) groups is 2. The van der Waals surface area contributed by atoms with E-state index in [-0.39, 0.29) is 23.6 Å². The van der Waals surface area contributed by atoms with Gasteiger partial charge in [0.15, 0.2) is 0 Å². The molecule has 0 saturated carbocycles. The lowest BCUT2D eigenvalue weighted by Crippen LogP contribution is -2.29. The highest BCUT2D eigenvalue weighted by Crippen LogP contribution is 2.26. The van der Waals surface area contributed by atoms with Gasteiger partial charge in [-0.05, 0) is 35.9 Å². The molecule has 2 heterocycles. The van der Waals surface area contributed by atoms with Crippen molar-refractivity contribution >= 4 is 33.4 Å². The Morgan fingerprint density at radius 3 is 2.62 bits per heavy atom. The lowest BCUT2D eigenvalue weighted by molar-refractivity contribution is -0.116. The molecule has 0 fully saturated rings. The molecule has 140 valence electrons. The van der Waals surface area contributed by atoms with Crippen LogP contribution >= 0.6 is 0 Å². The Kier molecular flexibility index (Phi) is 4.71. The zero-order chi connectivity index (χ0) is 20.4. The Labute approximate surface area is 166 Å². The third-order valence-electron chi connectivity index (χ3n) is 4.62. The van der Waals surface area contributed by atoms with Crippen LogP contribution < -0.4 is 5.32 Å². The molecule has 4 rings (SSSR count). The van der Waals surface area contributed by atoms with Crippen molar-refractivity contribution in [2.45, 2.75) is 6.92 Å². The summed E-state index contributed by atoms with van der Waals surface area (Å²) in [5.41, 5.74) is 2.35. The monoisotopic (exact) mass is 380 g/mol. The molecule has 0 radical (unpaired) electrons. The smallest absolute Gasteiger partial charge is 0.271 e. The van der Waals surface area contributed by atoms with Gasteiger partial charge in [-0.25, -0.2) is 9.97 Å². The van der Waals surface area contributed by atoms with E-state index in [1.807, 2.05) is 42.5 Å². The molecule has 4 aromatic rings. The SMILES string of the molecule is CC(=O)CNC(=O)c1ncc2nc(-c3ccc4ccccc4c3)ccc2c1C#N. The first kappa shape index (κ1) is 18.3. The highest BCUT2D eigenvalue weighted by molar-refractivity contribution is 6.01. The van der Waals surface area contributed by atoms with Crippen molar-refractivity contribution in [3.63, 3.8) is 0 Å².